The fraction of sp³-hybridized carbons (Fsp3) is 0.308. The summed E-state index contributed by atoms with van der Waals surface area (Å²) in [7, 11) is -0.955. The Balaban J connectivity index is 1.91. The Labute approximate surface area is 217 Å². The summed E-state index contributed by atoms with van der Waals surface area (Å²) in [5.41, 5.74) is 2.70. The van der Waals surface area contributed by atoms with Crippen LogP contribution in [0.4, 0.5) is 0 Å². The maximum atomic E-state index is 13.6. The highest BCUT2D eigenvalue weighted by molar-refractivity contribution is 7.89. The first-order chi connectivity index (χ1) is 17.1. The van der Waals surface area contributed by atoms with Gasteiger partial charge in [0.05, 0.1) is 12.1 Å². The number of carbonyl (C=O) groups excluding carboxylic acids is 1. The molecule has 36 heavy (non-hydrogen) atoms. The van der Waals surface area contributed by atoms with E-state index in [2.05, 4.69) is 10.8 Å². The minimum atomic E-state index is -4.13. The van der Waals surface area contributed by atoms with Crippen molar-refractivity contribution in [2.45, 2.75) is 44.3 Å². The zero-order valence-corrected chi connectivity index (χ0v) is 22.2. The van der Waals surface area contributed by atoms with Crippen LogP contribution < -0.4 is 9.46 Å². The van der Waals surface area contributed by atoms with Crippen molar-refractivity contribution in [2.24, 2.45) is 0 Å². The van der Waals surface area contributed by atoms with Crippen molar-refractivity contribution in [3.8, 4) is 11.8 Å². The van der Waals surface area contributed by atoms with Crippen molar-refractivity contribution < 1.29 is 17.9 Å². The van der Waals surface area contributed by atoms with Crippen molar-refractivity contribution in [2.75, 3.05) is 14.2 Å². The van der Waals surface area contributed by atoms with Crippen molar-refractivity contribution in [1.29, 1.82) is 5.26 Å². The molecule has 1 amide bonds. The number of likely N-dealkylation sites (N-methyl/N-ethyl adjacent to an activating group) is 1. The van der Waals surface area contributed by atoms with Crippen LogP contribution in [0.5, 0.6) is 5.75 Å². The van der Waals surface area contributed by atoms with Gasteiger partial charge < -0.3 is 14.2 Å². The number of nitrogens with zero attached hydrogens (tertiary/aromatic N) is 3. The lowest BCUT2D eigenvalue weighted by atomic mass is 10.1. The highest BCUT2D eigenvalue weighted by atomic mass is 35.5. The third-order valence-corrected chi connectivity index (χ3v) is 7.95. The second kappa shape index (κ2) is 11.6. The monoisotopic (exact) mass is 528 g/mol. The molecule has 1 atom stereocenters. The number of amides is 1. The Kier molecular flexibility index (Phi) is 8.79. The molecule has 1 unspecified atom stereocenters. The van der Waals surface area contributed by atoms with Crippen LogP contribution in [-0.4, -0.2) is 44.0 Å². The molecule has 1 aromatic heterocycles. The van der Waals surface area contributed by atoms with Crippen molar-refractivity contribution in [3.63, 3.8) is 0 Å². The van der Waals surface area contributed by atoms with E-state index in [0.29, 0.717) is 17.0 Å². The molecule has 0 bridgehead atoms. The van der Waals surface area contributed by atoms with Gasteiger partial charge in [0.15, 0.2) is 0 Å². The quantitative estimate of drug-likeness (QED) is 0.427. The number of aromatic nitrogens is 1. The summed E-state index contributed by atoms with van der Waals surface area (Å²) < 4.78 is 36.4. The number of methoxy groups -OCH3 is 1. The Hall–Kier alpha value is -3.32. The summed E-state index contributed by atoms with van der Waals surface area (Å²) in [4.78, 5) is 15.0. The van der Waals surface area contributed by atoms with Crippen LogP contribution in [0.15, 0.2) is 59.6 Å². The van der Waals surface area contributed by atoms with E-state index in [9.17, 15) is 18.5 Å². The van der Waals surface area contributed by atoms with Crippen LogP contribution >= 0.6 is 11.6 Å². The van der Waals surface area contributed by atoms with Crippen LogP contribution in [0, 0.1) is 25.2 Å². The predicted molar refractivity (Wildman–Crippen MR) is 138 cm³/mol. The summed E-state index contributed by atoms with van der Waals surface area (Å²) in [6, 6.07) is 14.8. The number of halogens is 1. The minimum absolute atomic E-state index is 0.0637. The fourth-order valence-corrected chi connectivity index (χ4v) is 6.10. The van der Waals surface area contributed by atoms with Crippen LogP contribution in [0.2, 0.25) is 5.02 Å². The largest absolute Gasteiger partial charge is 0.496 e. The number of benzene rings is 2. The van der Waals surface area contributed by atoms with Gasteiger partial charge in [-0.2, -0.15) is 9.98 Å². The number of nitrogens with one attached hydrogen (secondary N) is 1. The van der Waals surface area contributed by atoms with Gasteiger partial charge in [0.1, 0.15) is 28.4 Å². The van der Waals surface area contributed by atoms with Crippen molar-refractivity contribution >= 4 is 27.5 Å². The molecule has 0 aliphatic heterocycles. The van der Waals surface area contributed by atoms with E-state index < -0.39 is 22.0 Å². The van der Waals surface area contributed by atoms with Gasteiger partial charge in [-0.1, -0.05) is 41.4 Å². The lowest BCUT2D eigenvalue weighted by molar-refractivity contribution is -0.132. The lowest BCUT2D eigenvalue weighted by Crippen LogP contribution is -2.47. The standard InChI is InChI=1S/C26H29ClN4O4S/c1-18-10-11-24(35-4)20(15-18)17-30(3)26(32)23(12-14-31-13-6-8-21(31)16-28)29-36(33,34)25-19(2)7-5-9-22(25)27/h5-11,13,15,23,29H,12,14,17H2,1-4H3. The number of hydrogen-bond acceptors (Lipinski definition) is 5. The molecular weight excluding hydrogens is 500 g/mol. The molecule has 0 spiro atoms. The van der Waals surface area contributed by atoms with Crippen LogP contribution in [0.25, 0.3) is 0 Å². The maximum absolute atomic E-state index is 13.6. The molecule has 1 N–H and O–H groups in total. The van der Waals surface area contributed by atoms with E-state index in [1.165, 1.54) is 11.0 Å². The Bertz CT molecular complexity index is 1370. The van der Waals surface area contributed by atoms with E-state index in [-0.39, 0.29) is 29.4 Å². The van der Waals surface area contributed by atoms with Crippen molar-refractivity contribution in [1.82, 2.24) is 14.2 Å². The number of hydrogen-bond donors (Lipinski definition) is 1. The first-order valence-corrected chi connectivity index (χ1v) is 13.1. The normalized spacial score (nSPS) is 12.1. The van der Waals surface area contributed by atoms with E-state index in [0.717, 1.165) is 11.1 Å². The number of sulfonamides is 1. The molecule has 0 aliphatic carbocycles. The van der Waals surface area contributed by atoms with Gasteiger partial charge in [-0.25, -0.2) is 8.42 Å². The zero-order valence-electron chi connectivity index (χ0n) is 20.7. The van der Waals surface area contributed by atoms with Gasteiger partial charge in [0, 0.05) is 31.9 Å². The topological polar surface area (TPSA) is 104 Å². The summed E-state index contributed by atoms with van der Waals surface area (Å²) in [6.45, 7) is 4.07. The minimum Gasteiger partial charge on any atom is -0.496 e. The third-order valence-electron chi connectivity index (χ3n) is 5.85. The summed E-state index contributed by atoms with van der Waals surface area (Å²) in [5, 5.41) is 9.39. The van der Waals surface area contributed by atoms with Crippen LogP contribution in [0.1, 0.15) is 28.8 Å². The zero-order chi connectivity index (χ0) is 26.5. The molecule has 3 aromatic rings. The second-order valence-corrected chi connectivity index (χ2v) is 10.6. The van der Waals surface area contributed by atoms with E-state index >= 15 is 0 Å². The Morgan fingerprint density at radius 1 is 1.22 bits per heavy atom. The molecule has 0 fully saturated rings. The van der Waals surface area contributed by atoms with Crippen LogP contribution in [0.3, 0.4) is 0 Å². The Morgan fingerprint density at radius 2 is 1.97 bits per heavy atom. The number of aryl methyl sites for hydroxylation is 3. The average molecular weight is 529 g/mol. The first-order valence-electron chi connectivity index (χ1n) is 11.3. The summed E-state index contributed by atoms with van der Waals surface area (Å²) >= 11 is 6.22. The maximum Gasteiger partial charge on any atom is 0.243 e. The van der Waals surface area contributed by atoms with Gasteiger partial charge in [0.25, 0.3) is 0 Å². The van der Waals surface area contributed by atoms with Gasteiger partial charge in [-0.15, -0.1) is 0 Å². The number of rotatable bonds is 10. The molecule has 0 saturated carbocycles. The van der Waals surface area contributed by atoms with Gasteiger partial charge >= 0.3 is 0 Å². The molecule has 0 radical (unpaired) electrons. The van der Waals surface area contributed by atoms with E-state index in [1.54, 1.807) is 56.1 Å². The lowest BCUT2D eigenvalue weighted by Gasteiger charge is -2.26. The second-order valence-electron chi connectivity index (χ2n) is 8.56. The van der Waals surface area contributed by atoms with E-state index in [4.69, 9.17) is 16.3 Å². The van der Waals surface area contributed by atoms with Crippen LogP contribution in [-0.2, 0) is 27.9 Å². The molecule has 190 valence electrons. The average Bonchev–Trinajstić information content (AvgIpc) is 3.28. The highest BCUT2D eigenvalue weighted by Crippen LogP contribution is 2.26. The molecule has 1 heterocycles. The SMILES string of the molecule is COc1ccc(C)cc1CN(C)C(=O)C(CCn1cccc1C#N)NS(=O)(=O)c1c(C)cccc1Cl. The number of carbonyl (C=O) groups is 1. The summed E-state index contributed by atoms with van der Waals surface area (Å²) in [6.07, 6.45) is 1.84. The number of nitriles is 1. The fourth-order valence-electron chi connectivity index (χ4n) is 4.05. The number of ether oxygens (including phenoxy) is 1. The Morgan fingerprint density at radius 3 is 2.64 bits per heavy atom. The van der Waals surface area contributed by atoms with Gasteiger partial charge in [-0.3, -0.25) is 4.79 Å². The van der Waals surface area contributed by atoms with Crippen molar-refractivity contribution in [3.05, 3.63) is 82.1 Å². The van der Waals surface area contributed by atoms with Gasteiger partial charge in [-0.05, 0) is 50.1 Å². The van der Waals surface area contributed by atoms with E-state index in [1.807, 2.05) is 25.1 Å². The molecule has 0 saturated heterocycles. The molecule has 3 rings (SSSR count). The predicted octanol–water partition coefficient (Wildman–Crippen LogP) is 4.03. The molecule has 2 aromatic carbocycles. The summed E-state index contributed by atoms with van der Waals surface area (Å²) in [5.74, 6) is 0.215. The van der Waals surface area contributed by atoms with Gasteiger partial charge in [0.2, 0.25) is 15.9 Å². The third kappa shape index (κ3) is 6.26. The first kappa shape index (κ1) is 27.3. The molecule has 0 aliphatic rings. The molecular formula is C26H29ClN4O4S. The smallest absolute Gasteiger partial charge is 0.243 e. The highest BCUT2D eigenvalue weighted by Gasteiger charge is 2.30. The molecule has 10 heteroatoms. The molecule has 8 nitrogen and oxygen atoms in total.